The van der Waals surface area contributed by atoms with Gasteiger partial charge in [0.15, 0.2) is 0 Å². The minimum absolute atomic E-state index is 0.106. The Kier molecular flexibility index (Phi) is 5.49. The average Bonchev–Trinajstić information content (AvgIpc) is 2.32. The van der Waals surface area contributed by atoms with Crippen LogP contribution in [0.4, 0.5) is 0 Å². The smallest absolute Gasteiger partial charge is 0.327 e. The molecule has 0 aliphatic heterocycles. The lowest BCUT2D eigenvalue weighted by molar-refractivity contribution is -0.145. The van der Waals surface area contributed by atoms with Gasteiger partial charge in [-0.25, -0.2) is 4.79 Å². The predicted octanol–water partition coefficient (Wildman–Crippen LogP) is 2.00. The van der Waals surface area contributed by atoms with Gasteiger partial charge in [-0.3, -0.25) is 0 Å². The number of esters is 1. The summed E-state index contributed by atoms with van der Waals surface area (Å²) >= 11 is 0. The molecule has 1 aromatic rings. The number of hydrogen-bond donors (Lipinski definition) is 2. The number of phenols is 1. The Morgan fingerprint density at radius 2 is 2.12 bits per heavy atom. The first-order valence-electron chi connectivity index (χ1n) is 5.88. The van der Waals surface area contributed by atoms with Crippen LogP contribution >= 0.6 is 0 Å². The number of carbonyl (C=O) groups excluding carboxylic acids is 1. The van der Waals surface area contributed by atoms with E-state index in [0.717, 1.165) is 6.42 Å². The van der Waals surface area contributed by atoms with Crippen molar-refractivity contribution in [3.63, 3.8) is 0 Å². The summed E-state index contributed by atoms with van der Waals surface area (Å²) in [6.07, 6.45) is 0.906. The predicted molar refractivity (Wildman–Crippen MR) is 65.8 cm³/mol. The maximum atomic E-state index is 11.8. The number of carbonyl (C=O) groups is 1. The molecule has 1 unspecified atom stereocenters. The van der Waals surface area contributed by atoms with E-state index in [2.05, 4.69) is 5.32 Å². The molecule has 0 bridgehead atoms. The van der Waals surface area contributed by atoms with E-state index in [0.29, 0.717) is 18.7 Å². The molecule has 1 aromatic carbocycles. The first kappa shape index (κ1) is 13.5. The van der Waals surface area contributed by atoms with Crippen molar-refractivity contribution in [1.29, 1.82) is 0 Å². The lowest BCUT2D eigenvalue weighted by Gasteiger charge is -2.18. The van der Waals surface area contributed by atoms with Crippen LogP contribution in [0, 0.1) is 0 Å². The number of ether oxygens (including phenoxy) is 1. The van der Waals surface area contributed by atoms with Gasteiger partial charge in [-0.1, -0.05) is 25.1 Å². The fourth-order valence-electron chi connectivity index (χ4n) is 1.57. The molecule has 0 radical (unpaired) electrons. The van der Waals surface area contributed by atoms with Crippen molar-refractivity contribution >= 4 is 5.97 Å². The minimum atomic E-state index is -0.601. The highest BCUT2D eigenvalue weighted by Crippen LogP contribution is 2.24. The molecule has 0 aliphatic rings. The van der Waals surface area contributed by atoms with Gasteiger partial charge in [-0.15, -0.1) is 0 Å². The second-order valence-corrected chi connectivity index (χ2v) is 3.70. The van der Waals surface area contributed by atoms with E-state index in [-0.39, 0.29) is 11.7 Å². The zero-order chi connectivity index (χ0) is 12.7. The van der Waals surface area contributed by atoms with Crippen molar-refractivity contribution in [2.45, 2.75) is 26.3 Å². The Balaban J connectivity index is 2.89. The molecule has 0 heterocycles. The fraction of sp³-hybridized carbons (Fsp3) is 0.462. The molecule has 94 valence electrons. The monoisotopic (exact) mass is 237 g/mol. The summed E-state index contributed by atoms with van der Waals surface area (Å²) in [6.45, 7) is 4.80. The molecule has 0 aromatic heterocycles. The van der Waals surface area contributed by atoms with Crippen LogP contribution in [-0.4, -0.2) is 24.2 Å². The molecule has 0 saturated carbocycles. The summed E-state index contributed by atoms with van der Waals surface area (Å²) in [4.78, 5) is 11.8. The lowest BCUT2D eigenvalue weighted by atomic mass is 10.1. The van der Waals surface area contributed by atoms with E-state index in [4.69, 9.17) is 4.74 Å². The van der Waals surface area contributed by atoms with Gasteiger partial charge in [0.05, 0.1) is 6.61 Å². The summed E-state index contributed by atoms with van der Waals surface area (Å²) in [5.74, 6) is -0.253. The van der Waals surface area contributed by atoms with Crippen LogP contribution < -0.4 is 5.32 Å². The van der Waals surface area contributed by atoms with Crippen LogP contribution in [-0.2, 0) is 9.53 Å². The maximum Gasteiger partial charge on any atom is 0.327 e. The molecule has 0 fully saturated rings. The standard InChI is InChI=1S/C13H19NO3/c1-3-9-14-12(13(16)17-4-2)10-7-5-6-8-11(10)15/h5-8,12,14-15H,3-4,9H2,1-2H3. The highest BCUT2D eigenvalue weighted by molar-refractivity contribution is 5.78. The molecule has 0 aliphatic carbocycles. The Bertz CT molecular complexity index is 365. The highest BCUT2D eigenvalue weighted by Gasteiger charge is 2.23. The number of nitrogens with one attached hydrogen (secondary N) is 1. The Morgan fingerprint density at radius 1 is 1.41 bits per heavy atom. The van der Waals surface area contributed by atoms with Crippen molar-refractivity contribution in [2.75, 3.05) is 13.2 Å². The molecular weight excluding hydrogens is 218 g/mol. The van der Waals surface area contributed by atoms with Gasteiger partial charge < -0.3 is 15.2 Å². The normalized spacial score (nSPS) is 12.1. The van der Waals surface area contributed by atoms with Crippen molar-refractivity contribution in [3.8, 4) is 5.75 Å². The zero-order valence-electron chi connectivity index (χ0n) is 10.3. The summed E-state index contributed by atoms with van der Waals surface area (Å²) in [7, 11) is 0. The van der Waals surface area contributed by atoms with E-state index in [1.165, 1.54) is 0 Å². The first-order chi connectivity index (χ1) is 8.20. The Morgan fingerprint density at radius 3 is 2.71 bits per heavy atom. The summed E-state index contributed by atoms with van der Waals surface area (Å²) in [5, 5.41) is 12.8. The first-order valence-corrected chi connectivity index (χ1v) is 5.88. The molecule has 1 atom stereocenters. The minimum Gasteiger partial charge on any atom is -0.508 e. The lowest BCUT2D eigenvalue weighted by Crippen LogP contribution is -2.30. The SMILES string of the molecule is CCCNC(C(=O)OCC)c1ccccc1O. The van der Waals surface area contributed by atoms with Crippen molar-refractivity contribution in [1.82, 2.24) is 5.32 Å². The second-order valence-electron chi connectivity index (χ2n) is 3.70. The summed E-state index contributed by atoms with van der Waals surface area (Å²) < 4.78 is 5.00. The second kappa shape index (κ2) is 6.91. The van der Waals surface area contributed by atoms with Crippen LogP contribution in [0.1, 0.15) is 31.9 Å². The van der Waals surface area contributed by atoms with Crippen molar-refractivity contribution < 1.29 is 14.6 Å². The molecule has 0 amide bonds. The number of hydrogen-bond acceptors (Lipinski definition) is 4. The third-order valence-electron chi connectivity index (χ3n) is 2.37. The molecule has 4 heteroatoms. The number of benzene rings is 1. The van der Waals surface area contributed by atoms with Crippen LogP contribution in [0.5, 0.6) is 5.75 Å². The van der Waals surface area contributed by atoms with E-state index < -0.39 is 6.04 Å². The molecule has 2 N–H and O–H groups in total. The fourth-order valence-corrected chi connectivity index (χ4v) is 1.57. The van der Waals surface area contributed by atoms with E-state index in [1.807, 2.05) is 6.92 Å². The average molecular weight is 237 g/mol. The molecular formula is C13H19NO3. The summed E-state index contributed by atoms with van der Waals surface area (Å²) in [5.41, 5.74) is 0.555. The molecule has 4 nitrogen and oxygen atoms in total. The van der Waals surface area contributed by atoms with Crippen molar-refractivity contribution in [3.05, 3.63) is 29.8 Å². The van der Waals surface area contributed by atoms with Crippen LogP contribution in [0.2, 0.25) is 0 Å². The Labute approximate surface area is 102 Å². The number of rotatable bonds is 6. The summed E-state index contributed by atoms with van der Waals surface area (Å²) in [6, 6.07) is 6.20. The maximum absolute atomic E-state index is 11.8. The molecule has 0 spiro atoms. The van der Waals surface area contributed by atoms with E-state index in [1.54, 1.807) is 31.2 Å². The van der Waals surface area contributed by atoms with E-state index in [9.17, 15) is 9.90 Å². The van der Waals surface area contributed by atoms with Crippen LogP contribution in [0.15, 0.2) is 24.3 Å². The zero-order valence-corrected chi connectivity index (χ0v) is 10.3. The van der Waals surface area contributed by atoms with Crippen LogP contribution in [0.25, 0.3) is 0 Å². The van der Waals surface area contributed by atoms with Gasteiger partial charge in [0, 0.05) is 5.56 Å². The Hall–Kier alpha value is -1.55. The number of para-hydroxylation sites is 1. The van der Waals surface area contributed by atoms with Gasteiger partial charge in [-0.05, 0) is 26.0 Å². The van der Waals surface area contributed by atoms with E-state index >= 15 is 0 Å². The largest absolute Gasteiger partial charge is 0.508 e. The third-order valence-corrected chi connectivity index (χ3v) is 2.37. The quantitative estimate of drug-likeness (QED) is 0.743. The number of phenolic OH excluding ortho intramolecular Hbond substituents is 1. The molecule has 0 saturated heterocycles. The highest BCUT2D eigenvalue weighted by atomic mass is 16.5. The van der Waals surface area contributed by atoms with Gasteiger partial charge in [0.1, 0.15) is 11.8 Å². The molecule has 1 rings (SSSR count). The van der Waals surface area contributed by atoms with Crippen LogP contribution in [0.3, 0.4) is 0 Å². The van der Waals surface area contributed by atoms with Gasteiger partial charge in [0.25, 0.3) is 0 Å². The van der Waals surface area contributed by atoms with Gasteiger partial charge in [0.2, 0.25) is 0 Å². The number of aromatic hydroxyl groups is 1. The molecule has 17 heavy (non-hydrogen) atoms. The van der Waals surface area contributed by atoms with Gasteiger partial charge >= 0.3 is 5.97 Å². The third kappa shape index (κ3) is 3.75. The van der Waals surface area contributed by atoms with Gasteiger partial charge in [-0.2, -0.15) is 0 Å². The van der Waals surface area contributed by atoms with Crippen molar-refractivity contribution in [2.24, 2.45) is 0 Å². The topological polar surface area (TPSA) is 58.6 Å².